The fraction of sp³-hybridized carbons (Fsp3) is 0.769. The zero-order valence-corrected chi connectivity index (χ0v) is 14.5. The molecule has 1 unspecified atom stereocenters. The second kappa shape index (κ2) is 6.60. The quantitative estimate of drug-likeness (QED) is 0.876. The van der Waals surface area contributed by atoms with Crippen molar-refractivity contribution in [1.29, 1.82) is 0 Å². The highest BCUT2D eigenvalue weighted by atomic mass is 32.2. The fourth-order valence-electron chi connectivity index (χ4n) is 2.42. The molecule has 21 heavy (non-hydrogen) atoms. The number of piperazine rings is 1. The van der Waals surface area contributed by atoms with Gasteiger partial charge >= 0.3 is 0 Å². The lowest BCUT2D eigenvalue weighted by Crippen LogP contribution is -2.48. The molecule has 0 aliphatic carbocycles. The van der Waals surface area contributed by atoms with Gasteiger partial charge in [0, 0.05) is 37.6 Å². The molecule has 0 radical (unpaired) electrons. The van der Waals surface area contributed by atoms with E-state index >= 15 is 0 Å². The summed E-state index contributed by atoms with van der Waals surface area (Å²) >= 11 is 1.64. The van der Waals surface area contributed by atoms with Crippen LogP contribution in [0.25, 0.3) is 0 Å². The van der Waals surface area contributed by atoms with E-state index in [9.17, 15) is 8.42 Å². The van der Waals surface area contributed by atoms with Gasteiger partial charge in [-0.1, -0.05) is 13.8 Å². The van der Waals surface area contributed by atoms with Crippen LogP contribution in [-0.4, -0.2) is 50.1 Å². The molecule has 0 saturated carbocycles. The molecule has 1 atom stereocenters. The molecular formula is C13H24N4O2S2. The van der Waals surface area contributed by atoms with Crippen LogP contribution in [0.1, 0.15) is 36.8 Å². The van der Waals surface area contributed by atoms with E-state index < -0.39 is 10.0 Å². The van der Waals surface area contributed by atoms with Crippen LogP contribution in [0.5, 0.6) is 0 Å². The average Bonchev–Trinajstić information content (AvgIpc) is 2.90. The third kappa shape index (κ3) is 3.74. The van der Waals surface area contributed by atoms with Crippen molar-refractivity contribution in [3.63, 3.8) is 0 Å². The van der Waals surface area contributed by atoms with Gasteiger partial charge in [0.15, 0.2) is 5.13 Å². The Balaban J connectivity index is 2.12. The number of thiazole rings is 1. The summed E-state index contributed by atoms with van der Waals surface area (Å²) in [5.74, 6) is 0.408. The summed E-state index contributed by atoms with van der Waals surface area (Å²) in [4.78, 5) is 8.07. The minimum Gasteiger partial charge on any atom is -0.345 e. The van der Waals surface area contributed by atoms with Gasteiger partial charge in [0.1, 0.15) is 0 Å². The van der Waals surface area contributed by atoms with E-state index in [1.165, 1.54) is 10.6 Å². The lowest BCUT2D eigenvalue weighted by atomic mass is 10.0. The van der Waals surface area contributed by atoms with Gasteiger partial charge in [0.2, 0.25) is 10.0 Å². The summed E-state index contributed by atoms with van der Waals surface area (Å²) in [7, 11) is -3.09. The minimum absolute atomic E-state index is 0.408. The molecule has 6 nitrogen and oxygen atoms in total. The number of aromatic nitrogens is 1. The highest BCUT2D eigenvalue weighted by molar-refractivity contribution is 7.88. The first-order chi connectivity index (χ1) is 9.86. The van der Waals surface area contributed by atoms with Crippen LogP contribution >= 0.6 is 11.3 Å². The monoisotopic (exact) mass is 332 g/mol. The molecule has 1 aliphatic heterocycles. The molecule has 1 aromatic heterocycles. The van der Waals surface area contributed by atoms with Crippen LogP contribution in [0.2, 0.25) is 0 Å². The Morgan fingerprint density at radius 2 is 1.95 bits per heavy atom. The maximum Gasteiger partial charge on any atom is 0.211 e. The minimum atomic E-state index is -3.09. The van der Waals surface area contributed by atoms with Crippen LogP contribution in [0.3, 0.4) is 0 Å². The lowest BCUT2D eigenvalue weighted by Gasteiger charge is -2.33. The number of hydrogen-bond donors (Lipinski definition) is 1. The highest BCUT2D eigenvalue weighted by Crippen LogP contribution is 2.32. The number of hydrogen-bond acceptors (Lipinski definition) is 6. The van der Waals surface area contributed by atoms with Crippen molar-refractivity contribution < 1.29 is 8.42 Å². The summed E-state index contributed by atoms with van der Waals surface area (Å²) in [5, 5.41) is 0.971. The van der Waals surface area contributed by atoms with Gasteiger partial charge in [-0.15, -0.1) is 11.3 Å². The second-order valence-electron chi connectivity index (χ2n) is 5.47. The van der Waals surface area contributed by atoms with E-state index in [2.05, 4.69) is 18.7 Å². The maximum absolute atomic E-state index is 11.5. The standard InChI is InChI=1S/C13H24N4O2S2/c1-4-10(2)12-11(9-14)20-13(15-12)16-5-7-17(8-6-16)21(3,18)19/h10H,4-9,14H2,1-3H3. The zero-order chi connectivity index (χ0) is 15.6. The van der Waals surface area contributed by atoms with Crippen molar-refractivity contribution in [2.75, 3.05) is 37.3 Å². The predicted molar refractivity (Wildman–Crippen MR) is 87.3 cm³/mol. The van der Waals surface area contributed by atoms with Gasteiger partial charge in [0.25, 0.3) is 0 Å². The number of sulfonamides is 1. The van der Waals surface area contributed by atoms with Gasteiger partial charge in [-0.25, -0.2) is 13.4 Å². The Bertz CT molecular complexity index is 577. The van der Waals surface area contributed by atoms with E-state index in [1.54, 1.807) is 11.3 Å². The van der Waals surface area contributed by atoms with Crippen molar-refractivity contribution >= 4 is 26.5 Å². The summed E-state index contributed by atoms with van der Waals surface area (Å²) < 4.78 is 24.6. The van der Waals surface area contributed by atoms with Crippen LogP contribution in [0.15, 0.2) is 0 Å². The molecule has 8 heteroatoms. The molecule has 1 fully saturated rings. The van der Waals surface area contributed by atoms with Gasteiger partial charge in [-0.2, -0.15) is 4.31 Å². The average molecular weight is 332 g/mol. The first-order valence-corrected chi connectivity index (χ1v) is 9.93. The van der Waals surface area contributed by atoms with Crippen molar-refractivity contribution in [2.45, 2.75) is 32.7 Å². The second-order valence-corrected chi connectivity index (χ2v) is 8.51. The fourth-order valence-corrected chi connectivity index (χ4v) is 4.36. The molecule has 0 bridgehead atoms. The Kier molecular flexibility index (Phi) is 5.24. The number of rotatable bonds is 5. The SMILES string of the molecule is CCC(C)c1nc(N2CCN(S(C)(=O)=O)CC2)sc1CN. The van der Waals surface area contributed by atoms with Crippen molar-refractivity contribution in [3.05, 3.63) is 10.6 Å². The molecule has 2 N–H and O–H groups in total. The number of nitrogens with zero attached hydrogens (tertiary/aromatic N) is 3. The Morgan fingerprint density at radius 3 is 2.43 bits per heavy atom. The summed E-state index contributed by atoms with van der Waals surface area (Å²) in [6.45, 7) is 7.24. The van der Waals surface area contributed by atoms with Crippen molar-refractivity contribution in [3.8, 4) is 0 Å². The third-order valence-electron chi connectivity index (χ3n) is 3.96. The zero-order valence-electron chi connectivity index (χ0n) is 12.9. The van der Waals surface area contributed by atoms with E-state index in [0.717, 1.165) is 22.1 Å². The summed E-state index contributed by atoms with van der Waals surface area (Å²) in [6.07, 6.45) is 2.30. The molecule has 2 heterocycles. The molecule has 2 rings (SSSR count). The molecular weight excluding hydrogens is 308 g/mol. The smallest absolute Gasteiger partial charge is 0.211 e. The van der Waals surface area contributed by atoms with Gasteiger partial charge in [-0.05, 0) is 12.3 Å². The van der Waals surface area contributed by atoms with E-state index in [0.29, 0.717) is 38.6 Å². The number of nitrogens with two attached hydrogens (primary N) is 1. The first kappa shape index (κ1) is 16.7. The highest BCUT2D eigenvalue weighted by Gasteiger charge is 2.26. The molecule has 1 aliphatic rings. The topological polar surface area (TPSA) is 79.5 Å². The van der Waals surface area contributed by atoms with Crippen LogP contribution in [-0.2, 0) is 16.6 Å². The Morgan fingerprint density at radius 1 is 1.33 bits per heavy atom. The normalized spacial score (nSPS) is 19.0. The molecule has 120 valence electrons. The predicted octanol–water partition coefficient (Wildman–Crippen LogP) is 1.20. The largest absolute Gasteiger partial charge is 0.345 e. The molecule has 0 spiro atoms. The van der Waals surface area contributed by atoms with E-state index in [1.807, 2.05) is 0 Å². The first-order valence-electron chi connectivity index (χ1n) is 7.26. The molecule has 1 saturated heterocycles. The van der Waals surface area contributed by atoms with Gasteiger partial charge in [0.05, 0.1) is 11.9 Å². The van der Waals surface area contributed by atoms with Crippen LogP contribution in [0.4, 0.5) is 5.13 Å². The Labute approximate surface area is 131 Å². The third-order valence-corrected chi connectivity index (χ3v) is 6.42. The maximum atomic E-state index is 11.5. The van der Waals surface area contributed by atoms with E-state index in [-0.39, 0.29) is 0 Å². The van der Waals surface area contributed by atoms with Crippen molar-refractivity contribution in [1.82, 2.24) is 9.29 Å². The van der Waals surface area contributed by atoms with E-state index in [4.69, 9.17) is 10.7 Å². The van der Waals surface area contributed by atoms with Gasteiger partial charge in [-0.3, -0.25) is 0 Å². The molecule has 0 aromatic carbocycles. The molecule has 0 amide bonds. The van der Waals surface area contributed by atoms with Crippen LogP contribution in [0, 0.1) is 0 Å². The molecule has 1 aromatic rings. The summed E-state index contributed by atoms with van der Waals surface area (Å²) in [5.41, 5.74) is 6.93. The Hall–Kier alpha value is -0.700. The number of anilines is 1. The van der Waals surface area contributed by atoms with Gasteiger partial charge < -0.3 is 10.6 Å². The summed E-state index contributed by atoms with van der Waals surface area (Å²) in [6, 6.07) is 0. The van der Waals surface area contributed by atoms with Crippen LogP contribution < -0.4 is 10.6 Å². The van der Waals surface area contributed by atoms with Crippen molar-refractivity contribution in [2.24, 2.45) is 5.73 Å². The lowest BCUT2D eigenvalue weighted by molar-refractivity contribution is 0.388.